The van der Waals surface area contributed by atoms with Gasteiger partial charge in [0, 0.05) is 14.5 Å². The van der Waals surface area contributed by atoms with E-state index in [-0.39, 0.29) is 0 Å². The van der Waals surface area contributed by atoms with E-state index < -0.39 is 6.10 Å². The fourth-order valence-electron chi connectivity index (χ4n) is 1.85. The Balaban J connectivity index is 1.90. The third-order valence-electron chi connectivity index (χ3n) is 2.83. The molecule has 0 saturated carbocycles. The summed E-state index contributed by atoms with van der Waals surface area (Å²) >= 11 is 6.80. The highest BCUT2D eigenvalue weighted by Gasteiger charge is 2.09. The molecule has 1 atom stereocenters. The fraction of sp³-hybridized carbons (Fsp3) is 0.250. The van der Waals surface area contributed by atoms with Gasteiger partial charge in [0.15, 0.2) is 0 Å². The van der Waals surface area contributed by atoms with Crippen molar-refractivity contribution in [3.05, 3.63) is 57.0 Å². The van der Waals surface area contributed by atoms with Gasteiger partial charge in [-0.1, -0.05) is 44.0 Å². The monoisotopic (exact) mass is 414 g/mol. The van der Waals surface area contributed by atoms with Crippen LogP contribution in [0.25, 0.3) is 0 Å². The van der Waals surface area contributed by atoms with Gasteiger partial charge < -0.3 is 14.6 Å². The summed E-state index contributed by atoms with van der Waals surface area (Å²) in [6, 6.07) is 13.2. The highest BCUT2D eigenvalue weighted by Crippen LogP contribution is 2.28. The minimum absolute atomic E-state index is 0.405. The molecule has 0 aliphatic rings. The van der Waals surface area contributed by atoms with E-state index >= 15 is 0 Å². The average Bonchev–Trinajstić information content (AvgIpc) is 2.43. The quantitative estimate of drug-likeness (QED) is 0.693. The van der Waals surface area contributed by atoms with Gasteiger partial charge in [-0.25, -0.2) is 0 Å². The minimum Gasteiger partial charge on any atom is -0.490 e. The summed E-state index contributed by atoms with van der Waals surface area (Å²) in [6.45, 7) is 2.55. The maximum absolute atomic E-state index is 9.73. The third-order valence-corrected chi connectivity index (χ3v) is 3.82. The summed E-state index contributed by atoms with van der Waals surface area (Å²) in [5, 5.41) is 9.73. The van der Waals surface area contributed by atoms with Crippen LogP contribution in [0.15, 0.2) is 51.4 Å². The van der Waals surface area contributed by atoms with Crippen molar-refractivity contribution in [2.45, 2.75) is 13.0 Å². The van der Waals surface area contributed by atoms with E-state index in [9.17, 15) is 5.11 Å². The van der Waals surface area contributed by atoms with Crippen molar-refractivity contribution in [2.75, 3.05) is 13.2 Å². The molecular formula is C16H16Br2O3. The van der Waals surface area contributed by atoms with Crippen LogP contribution in [-0.2, 0) is 0 Å². The van der Waals surface area contributed by atoms with Crippen LogP contribution in [0.5, 0.6) is 11.5 Å². The first-order valence-corrected chi connectivity index (χ1v) is 8.13. The SMILES string of the molecule is C[C@@H](O)c1ccc(Br)cc1OCCOc1cccc(Br)c1. The second kappa shape index (κ2) is 7.82. The van der Waals surface area contributed by atoms with E-state index in [2.05, 4.69) is 31.9 Å². The first-order valence-electron chi connectivity index (χ1n) is 6.55. The molecule has 2 aromatic rings. The van der Waals surface area contributed by atoms with Crippen LogP contribution >= 0.6 is 31.9 Å². The summed E-state index contributed by atoms with van der Waals surface area (Å²) < 4.78 is 13.2. The summed E-state index contributed by atoms with van der Waals surface area (Å²) in [6.07, 6.45) is -0.570. The Kier molecular flexibility index (Phi) is 6.08. The number of aliphatic hydroxyl groups excluding tert-OH is 1. The summed E-state index contributed by atoms with van der Waals surface area (Å²) in [7, 11) is 0. The number of halogens is 2. The van der Waals surface area contributed by atoms with Crippen molar-refractivity contribution in [2.24, 2.45) is 0 Å². The van der Waals surface area contributed by atoms with Crippen molar-refractivity contribution >= 4 is 31.9 Å². The molecule has 0 saturated heterocycles. The maximum atomic E-state index is 9.73. The number of benzene rings is 2. The zero-order valence-electron chi connectivity index (χ0n) is 11.6. The molecule has 1 N–H and O–H groups in total. The second-order valence-corrected chi connectivity index (χ2v) is 6.34. The van der Waals surface area contributed by atoms with Gasteiger partial charge in [-0.3, -0.25) is 0 Å². The lowest BCUT2D eigenvalue weighted by Crippen LogP contribution is -2.10. The molecule has 0 aliphatic heterocycles. The summed E-state index contributed by atoms with van der Waals surface area (Å²) in [4.78, 5) is 0. The average molecular weight is 416 g/mol. The molecule has 0 aliphatic carbocycles. The van der Waals surface area contributed by atoms with Gasteiger partial charge in [-0.2, -0.15) is 0 Å². The van der Waals surface area contributed by atoms with Crippen LogP contribution in [0, 0.1) is 0 Å². The molecule has 3 nitrogen and oxygen atoms in total. The van der Waals surface area contributed by atoms with Gasteiger partial charge in [0.25, 0.3) is 0 Å². The minimum atomic E-state index is -0.570. The molecule has 0 spiro atoms. The lowest BCUT2D eigenvalue weighted by molar-refractivity contribution is 0.182. The molecule has 112 valence electrons. The highest BCUT2D eigenvalue weighted by molar-refractivity contribution is 9.10. The van der Waals surface area contributed by atoms with E-state index in [0.29, 0.717) is 19.0 Å². The van der Waals surface area contributed by atoms with Gasteiger partial charge in [-0.05, 0) is 37.3 Å². The molecule has 5 heteroatoms. The number of hydrogen-bond acceptors (Lipinski definition) is 3. The normalized spacial score (nSPS) is 12.0. The second-order valence-electron chi connectivity index (χ2n) is 4.51. The topological polar surface area (TPSA) is 38.7 Å². The van der Waals surface area contributed by atoms with Crippen LogP contribution < -0.4 is 9.47 Å². The first kappa shape index (κ1) is 16.3. The summed E-state index contributed by atoms with van der Waals surface area (Å²) in [5.74, 6) is 1.45. The molecule has 0 fully saturated rings. The van der Waals surface area contributed by atoms with Crippen LogP contribution in [0.1, 0.15) is 18.6 Å². The Bertz CT molecular complexity index is 600. The summed E-state index contributed by atoms with van der Waals surface area (Å²) in [5.41, 5.74) is 0.764. The lowest BCUT2D eigenvalue weighted by atomic mass is 10.1. The van der Waals surface area contributed by atoms with Crippen molar-refractivity contribution in [3.8, 4) is 11.5 Å². The fourth-order valence-corrected chi connectivity index (χ4v) is 2.56. The Morgan fingerprint density at radius 2 is 1.71 bits per heavy atom. The van der Waals surface area contributed by atoms with Crippen molar-refractivity contribution in [3.63, 3.8) is 0 Å². The standard InChI is InChI=1S/C16H16Br2O3/c1-11(19)15-6-5-13(18)10-16(15)21-8-7-20-14-4-2-3-12(17)9-14/h2-6,9-11,19H,7-8H2,1H3/t11-/m1/s1. The largest absolute Gasteiger partial charge is 0.490 e. The predicted molar refractivity (Wildman–Crippen MR) is 89.9 cm³/mol. The van der Waals surface area contributed by atoms with E-state index in [4.69, 9.17) is 9.47 Å². The number of rotatable bonds is 6. The molecular weight excluding hydrogens is 400 g/mol. The van der Waals surface area contributed by atoms with Gasteiger partial charge in [-0.15, -0.1) is 0 Å². The molecule has 2 aromatic carbocycles. The van der Waals surface area contributed by atoms with Gasteiger partial charge in [0.2, 0.25) is 0 Å². The molecule has 0 heterocycles. The Labute approximate surface area is 141 Å². The van der Waals surface area contributed by atoms with Crippen molar-refractivity contribution < 1.29 is 14.6 Å². The van der Waals surface area contributed by atoms with E-state index in [1.54, 1.807) is 6.92 Å². The van der Waals surface area contributed by atoms with Crippen LogP contribution in [0.3, 0.4) is 0 Å². The van der Waals surface area contributed by atoms with E-state index in [1.165, 1.54) is 0 Å². The van der Waals surface area contributed by atoms with Crippen LogP contribution in [0.4, 0.5) is 0 Å². The molecule has 0 amide bonds. The van der Waals surface area contributed by atoms with E-state index in [0.717, 1.165) is 20.3 Å². The molecule has 0 aromatic heterocycles. The van der Waals surface area contributed by atoms with Gasteiger partial charge in [0.05, 0.1) is 6.10 Å². The Hall–Kier alpha value is -1.04. The van der Waals surface area contributed by atoms with Crippen molar-refractivity contribution in [1.82, 2.24) is 0 Å². The smallest absolute Gasteiger partial charge is 0.126 e. The lowest BCUT2D eigenvalue weighted by Gasteiger charge is -2.14. The number of ether oxygens (including phenoxy) is 2. The molecule has 0 unspecified atom stereocenters. The highest BCUT2D eigenvalue weighted by atomic mass is 79.9. The Morgan fingerprint density at radius 1 is 1.00 bits per heavy atom. The van der Waals surface area contributed by atoms with Gasteiger partial charge in [0.1, 0.15) is 24.7 Å². The number of aliphatic hydroxyl groups is 1. The van der Waals surface area contributed by atoms with E-state index in [1.807, 2.05) is 42.5 Å². The molecule has 0 bridgehead atoms. The van der Waals surface area contributed by atoms with Gasteiger partial charge >= 0.3 is 0 Å². The zero-order chi connectivity index (χ0) is 15.2. The molecule has 0 radical (unpaired) electrons. The maximum Gasteiger partial charge on any atom is 0.126 e. The third kappa shape index (κ3) is 5.02. The Morgan fingerprint density at radius 3 is 2.43 bits per heavy atom. The molecule has 21 heavy (non-hydrogen) atoms. The first-order chi connectivity index (χ1) is 10.1. The van der Waals surface area contributed by atoms with Crippen molar-refractivity contribution in [1.29, 1.82) is 0 Å². The zero-order valence-corrected chi connectivity index (χ0v) is 14.7. The number of hydrogen-bond donors (Lipinski definition) is 1. The molecule has 2 rings (SSSR count). The van der Waals surface area contributed by atoms with Crippen LogP contribution in [-0.4, -0.2) is 18.3 Å². The van der Waals surface area contributed by atoms with Crippen LogP contribution in [0.2, 0.25) is 0 Å². The predicted octanol–water partition coefficient (Wildman–Crippen LogP) is 4.72.